The third kappa shape index (κ3) is 4.52. The van der Waals surface area contributed by atoms with E-state index in [4.69, 9.17) is 4.74 Å². The van der Waals surface area contributed by atoms with Gasteiger partial charge in [-0.05, 0) is 48.6 Å². The molecule has 0 amide bonds. The van der Waals surface area contributed by atoms with Crippen LogP contribution in [0.3, 0.4) is 0 Å². The minimum Gasteiger partial charge on any atom is -0.492 e. The summed E-state index contributed by atoms with van der Waals surface area (Å²) in [4.78, 5) is 0. The lowest BCUT2D eigenvalue weighted by Crippen LogP contribution is -2.12. The van der Waals surface area contributed by atoms with Crippen LogP contribution in [0.1, 0.15) is 37.3 Å². The van der Waals surface area contributed by atoms with Gasteiger partial charge in [0.1, 0.15) is 12.4 Å². The van der Waals surface area contributed by atoms with E-state index in [0.29, 0.717) is 12.5 Å². The minimum atomic E-state index is 0.613. The van der Waals surface area contributed by atoms with E-state index in [2.05, 4.69) is 68.6 Å². The van der Waals surface area contributed by atoms with E-state index in [-0.39, 0.29) is 0 Å². The topological polar surface area (TPSA) is 21.3 Å². The van der Waals surface area contributed by atoms with E-state index in [1.807, 2.05) is 6.07 Å². The molecule has 0 saturated carbocycles. The Kier molecular flexibility index (Phi) is 5.68. The van der Waals surface area contributed by atoms with Crippen LogP contribution in [0.2, 0.25) is 0 Å². The van der Waals surface area contributed by atoms with Crippen LogP contribution in [0.15, 0.2) is 48.5 Å². The fraction of sp³-hybridized carbons (Fsp3) is 0.368. The second-order valence-electron chi connectivity index (χ2n) is 5.47. The van der Waals surface area contributed by atoms with Crippen molar-refractivity contribution in [3.63, 3.8) is 0 Å². The zero-order valence-electron chi connectivity index (χ0n) is 13.2. The van der Waals surface area contributed by atoms with Crippen molar-refractivity contribution in [2.75, 3.05) is 18.5 Å². The van der Waals surface area contributed by atoms with Crippen LogP contribution in [-0.4, -0.2) is 13.2 Å². The molecular formula is C19H25NO. The molecule has 0 spiro atoms. The Morgan fingerprint density at radius 2 is 1.76 bits per heavy atom. The van der Waals surface area contributed by atoms with Crippen molar-refractivity contribution in [2.45, 2.75) is 33.1 Å². The molecule has 0 fully saturated rings. The molecule has 1 N–H and O–H groups in total. The van der Waals surface area contributed by atoms with Gasteiger partial charge in [-0.25, -0.2) is 0 Å². The van der Waals surface area contributed by atoms with Gasteiger partial charge in [-0.2, -0.15) is 0 Å². The minimum absolute atomic E-state index is 0.613. The smallest absolute Gasteiger partial charge is 0.119 e. The highest BCUT2D eigenvalue weighted by Gasteiger charge is 2.02. The van der Waals surface area contributed by atoms with Crippen molar-refractivity contribution in [3.05, 3.63) is 59.7 Å². The Balaban J connectivity index is 1.77. The molecule has 0 radical (unpaired) electrons. The first-order valence-corrected chi connectivity index (χ1v) is 7.73. The van der Waals surface area contributed by atoms with Crippen molar-refractivity contribution in [1.29, 1.82) is 0 Å². The molecule has 1 atom stereocenters. The Hall–Kier alpha value is -1.96. The number of anilines is 1. The standard InChI is InChI=1S/C19H25NO/c1-4-15(2)17-9-11-18(12-10-17)21-14-13-20-19-8-6-5-7-16(19)3/h5-12,15,20H,4,13-14H2,1-3H3. The van der Waals surface area contributed by atoms with E-state index in [0.717, 1.165) is 12.3 Å². The summed E-state index contributed by atoms with van der Waals surface area (Å²) in [5, 5.41) is 3.40. The number of rotatable bonds is 7. The van der Waals surface area contributed by atoms with Crippen molar-refractivity contribution >= 4 is 5.69 Å². The van der Waals surface area contributed by atoms with Crippen LogP contribution in [0.25, 0.3) is 0 Å². The van der Waals surface area contributed by atoms with Gasteiger partial charge in [0.2, 0.25) is 0 Å². The molecule has 2 aromatic carbocycles. The maximum Gasteiger partial charge on any atom is 0.119 e. The number of hydrogen-bond donors (Lipinski definition) is 1. The molecule has 1 unspecified atom stereocenters. The molecular weight excluding hydrogens is 258 g/mol. The molecule has 0 aromatic heterocycles. The summed E-state index contributed by atoms with van der Waals surface area (Å²) < 4.78 is 5.77. The predicted molar refractivity (Wildman–Crippen MR) is 90.3 cm³/mol. The highest BCUT2D eigenvalue weighted by atomic mass is 16.5. The fourth-order valence-corrected chi connectivity index (χ4v) is 2.25. The fourth-order valence-electron chi connectivity index (χ4n) is 2.25. The first-order valence-electron chi connectivity index (χ1n) is 7.73. The van der Waals surface area contributed by atoms with Crippen LogP contribution in [0.4, 0.5) is 5.69 Å². The van der Waals surface area contributed by atoms with Gasteiger partial charge in [0.05, 0.1) is 0 Å². The second-order valence-corrected chi connectivity index (χ2v) is 5.47. The highest BCUT2D eigenvalue weighted by molar-refractivity contribution is 5.50. The molecule has 0 aliphatic carbocycles. The first-order chi connectivity index (χ1) is 10.2. The Morgan fingerprint density at radius 3 is 2.43 bits per heavy atom. The summed E-state index contributed by atoms with van der Waals surface area (Å²) >= 11 is 0. The normalized spacial score (nSPS) is 12.0. The van der Waals surface area contributed by atoms with Gasteiger partial charge in [0.15, 0.2) is 0 Å². The monoisotopic (exact) mass is 283 g/mol. The molecule has 0 saturated heterocycles. The van der Waals surface area contributed by atoms with E-state index in [9.17, 15) is 0 Å². The van der Waals surface area contributed by atoms with Gasteiger partial charge in [-0.15, -0.1) is 0 Å². The predicted octanol–water partition coefficient (Wildman–Crippen LogP) is 5.00. The van der Waals surface area contributed by atoms with Crippen molar-refractivity contribution in [2.24, 2.45) is 0 Å². The number of nitrogens with one attached hydrogen (secondary N) is 1. The molecule has 0 heterocycles. The SMILES string of the molecule is CCC(C)c1ccc(OCCNc2ccccc2C)cc1. The van der Waals surface area contributed by atoms with E-state index >= 15 is 0 Å². The average molecular weight is 283 g/mol. The lowest BCUT2D eigenvalue weighted by atomic mass is 9.99. The van der Waals surface area contributed by atoms with Crippen molar-refractivity contribution < 1.29 is 4.74 Å². The maximum absolute atomic E-state index is 5.77. The molecule has 2 rings (SSSR count). The summed E-state index contributed by atoms with van der Waals surface area (Å²) in [6.07, 6.45) is 1.17. The maximum atomic E-state index is 5.77. The molecule has 21 heavy (non-hydrogen) atoms. The Bertz CT molecular complexity index is 548. The van der Waals surface area contributed by atoms with Gasteiger partial charge in [-0.3, -0.25) is 0 Å². The van der Waals surface area contributed by atoms with Gasteiger partial charge in [0.25, 0.3) is 0 Å². The average Bonchev–Trinajstić information content (AvgIpc) is 2.53. The number of para-hydroxylation sites is 1. The summed E-state index contributed by atoms with van der Waals surface area (Å²) in [6, 6.07) is 16.8. The quantitative estimate of drug-likeness (QED) is 0.722. The molecule has 0 aliphatic heterocycles. The van der Waals surface area contributed by atoms with Crippen LogP contribution in [-0.2, 0) is 0 Å². The summed E-state index contributed by atoms with van der Waals surface area (Å²) in [5.74, 6) is 1.55. The molecule has 112 valence electrons. The van der Waals surface area contributed by atoms with Crippen molar-refractivity contribution in [1.82, 2.24) is 0 Å². The zero-order chi connectivity index (χ0) is 15.1. The summed E-state index contributed by atoms with van der Waals surface area (Å²) in [7, 11) is 0. The Labute approximate surface area is 128 Å². The van der Waals surface area contributed by atoms with Gasteiger partial charge in [0, 0.05) is 12.2 Å². The van der Waals surface area contributed by atoms with Gasteiger partial charge < -0.3 is 10.1 Å². The molecule has 0 aliphatic rings. The summed E-state index contributed by atoms with van der Waals surface area (Å²) in [6.45, 7) is 8.04. The van der Waals surface area contributed by atoms with Gasteiger partial charge >= 0.3 is 0 Å². The van der Waals surface area contributed by atoms with Crippen LogP contribution < -0.4 is 10.1 Å². The van der Waals surface area contributed by atoms with Crippen LogP contribution >= 0.6 is 0 Å². The van der Waals surface area contributed by atoms with E-state index in [1.54, 1.807) is 0 Å². The number of ether oxygens (including phenoxy) is 1. The highest BCUT2D eigenvalue weighted by Crippen LogP contribution is 2.21. The van der Waals surface area contributed by atoms with Crippen LogP contribution in [0.5, 0.6) is 5.75 Å². The number of benzene rings is 2. The Morgan fingerprint density at radius 1 is 1.05 bits per heavy atom. The molecule has 2 heteroatoms. The molecule has 2 nitrogen and oxygen atoms in total. The molecule has 2 aromatic rings. The first kappa shape index (κ1) is 15.4. The third-order valence-corrected chi connectivity index (χ3v) is 3.89. The largest absolute Gasteiger partial charge is 0.492 e. The summed E-state index contributed by atoms with van der Waals surface area (Å²) in [5.41, 5.74) is 3.81. The zero-order valence-corrected chi connectivity index (χ0v) is 13.2. The number of aryl methyl sites for hydroxylation is 1. The van der Waals surface area contributed by atoms with Gasteiger partial charge in [-0.1, -0.05) is 44.2 Å². The second kappa shape index (κ2) is 7.72. The third-order valence-electron chi connectivity index (χ3n) is 3.89. The van der Waals surface area contributed by atoms with Crippen molar-refractivity contribution in [3.8, 4) is 5.75 Å². The molecule has 0 bridgehead atoms. The van der Waals surface area contributed by atoms with Crippen LogP contribution in [0, 0.1) is 6.92 Å². The van der Waals surface area contributed by atoms with E-state index < -0.39 is 0 Å². The number of hydrogen-bond acceptors (Lipinski definition) is 2. The lowest BCUT2D eigenvalue weighted by Gasteiger charge is -2.12. The van der Waals surface area contributed by atoms with E-state index in [1.165, 1.54) is 23.2 Å². The lowest BCUT2D eigenvalue weighted by molar-refractivity contribution is 0.332.